The van der Waals surface area contributed by atoms with Crippen LogP contribution in [0.5, 0.6) is 0 Å². The molecular weight excluding hydrogens is 1360 g/mol. The number of allylic oxidation sites excluding steroid dienone is 3. The molecule has 0 atom stereocenters. The fourth-order valence-corrected chi connectivity index (χ4v) is 14.3. The van der Waals surface area contributed by atoms with Crippen LogP contribution in [0.3, 0.4) is 0 Å². The number of aromatic amines is 3. The molecule has 5 aliphatic rings. The lowest BCUT2D eigenvalue weighted by Crippen LogP contribution is -3.18. The lowest BCUT2D eigenvalue weighted by molar-refractivity contribution is -0.939. The number of nitrogens with zero attached hydrogens (tertiary/aromatic N) is 5. The smallest absolute Gasteiger partial charge is 0.123 e. The van der Waals surface area contributed by atoms with E-state index in [1.807, 2.05) is 66.7 Å². The van der Waals surface area contributed by atoms with Gasteiger partial charge in [-0.25, -0.2) is 15.0 Å². The van der Waals surface area contributed by atoms with Gasteiger partial charge in [0, 0.05) is 104 Å². The van der Waals surface area contributed by atoms with Crippen LogP contribution in [-0.2, 0) is 14.5 Å². The van der Waals surface area contributed by atoms with Gasteiger partial charge < -0.3 is 39.9 Å². The van der Waals surface area contributed by atoms with Gasteiger partial charge in [0.05, 0.1) is 114 Å². The molecule has 2 saturated heterocycles. The summed E-state index contributed by atoms with van der Waals surface area (Å²) < 4.78 is 3.05. The summed E-state index contributed by atoms with van der Waals surface area (Å²) in [4.78, 5) is 50.5. The van der Waals surface area contributed by atoms with Crippen LogP contribution in [0.1, 0.15) is 49.7 Å². The molecule has 0 bridgehead atoms. The van der Waals surface area contributed by atoms with E-state index in [1.165, 1.54) is 38.8 Å². The molecule has 6 aromatic carbocycles. The highest BCUT2D eigenvalue weighted by molar-refractivity contribution is 9.11. The molecule has 14 rings (SSSR count). The number of H-pyrrole nitrogens is 3. The predicted octanol–water partition coefficient (Wildman–Crippen LogP) is 6.66. The summed E-state index contributed by atoms with van der Waals surface area (Å²) in [6.45, 7) is 25.2. The number of nitrogens with two attached hydrogens (primary N) is 1. The molecule has 5 aliphatic heterocycles. The Bertz CT molecular complexity index is 4470. The molecule has 10 N–H and O–H groups in total. The number of likely N-dealkylation sites (tertiary alicyclic amines) is 2. The van der Waals surface area contributed by atoms with E-state index in [9.17, 15) is 0 Å². The van der Waals surface area contributed by atoms with E-state index in [2.05, 4.69) is 220 Å². The highest BCUT2D eigenvalue weighted by Gasteiger charge is 2.28. The highest BCUT2D eigenvalue weighted by atomic mass is 79.9. The first-order valence-electron chi connectivity index (χ1n) is 32.3. The Morgan fingerprint density at radius 3 is 1.37 bits per heavy atom. The second-order valence-corrected chi connectivity index (χ2v) is 27.5. The van der Waals surface area contributed by atoms with Crippen LogP contribution in [0.4, 0.5) is 17.1 Å². The molecule has 0 unspecified atom stereocenters. The molecule has 0 aliphatic carbocycles. The van der Waals surface area contributed by atoms with Gasteiger partial charge in [0.1, 0.15) is 26.3 Å². The SMILES string of the molecule is C=C1N=c2ccc(Br)cc2=C1c1[nH]c2ccccc2c1NOCCN1CCC(N(C)C)CC1.C=C1N=c2ccc(Br)cc2=C1c1[nH]c2ccccc2c1NOCC[NH+]1CCC([NH+](C)C)CC1.C=C1N=c2ccc(Br)cc2=C1c1[nH]c2ccccc2c1NOCC[NH2+]CC. The normalized spacial score (nSPS) is 17.1. The second-order valence-electron chi connectivity index (χ2n) is 24.8. The third-order valence-electron chi connectivity index (χ3n) is 18.3. The summed E-state index contributed by atoms with van der Waals surface area (Å²) >= 11 is 10.8. The fraction of sp³-hybridized carbons (Fsp3) is 0.301. The zero-order valence-corrected chi connectivity index (χ0v) is 58.4. The Balaban J connectivity index is 0.000000135. The summed E-state index contributed by atoms with van der Waals surface area (Å²) in [6, 6.07) is 44.6. The fourth-order valence-electron chi connectivity index (χ4n) is 13.2. The number of piperidine rings is 2. The average Bonchev–Trinajstić information content (AvgIpc) is 1.62. The molecule has 0 saturated carbocycles. The van der Waals surface area contributed by atoms with Gasteiger partial charge in [-0.15, -0.1) is 0 Å². The van der Waals surface area contributed by atoms with Crippen LogP contribution in [0.25, 0.3) is 49.4 Å². The van der Waals surface area contributed by atoms with E-state index in [4.69, 9.17) is 19.5 Å². The van der Waals surface area contributed by atoms with Crippen molar-refractivity contribution >= 4 is 114 Å². The Morgan fingerprint density at radius 2 is 0.968 bits per heavy atom. The first-order chi connectivity index (χ1) is 45.2. The van der Waals surface area contributed by atoms with E-state index in [0.717, 1.165) is 191 Å². The summed E-state index contributed by atoms with van der Waals surface area (Å²) in [6.07, 6.45) is 5.00. The standard InChI is InChI=1S/2C26H30BrN5O.C21H21BrN4O/c2*1-17-24(21-16-18(27)8-9-23(21)28-17)26-25(20-6-4-5-7-22(20)29-26)30-33-15-14-32-12-10-19(11-13-32)31(2)3;1-3-23-10-11-27-26-20-15-6-4-5-7-17(15)25-21(20)19-13(2)24-18-9-8-14(22)12-16(18)19/h2*4-9,16,19,29-30H,1,10-15H2,2-3H3;4-9,12,23,25-26H,2-3,10-11H2,1H3/p+3. The highest BCUT2D eigenvalue weighted by Crippen LogP contribution is 2.38. The van der Waals surface area contributed by atoms with Crippen molar-refractivity contribution in [3.8, 4) is 0 Å². The van der Waals surface area contributed by atoms with E-state index >= 15 is 0 Å². The first kappa shape index (κ1) is 65.7. The van der Waals surface area contributed by atoms with Gasteiger partial charge in [0.15, 0.2) is 0 Å². The molecule has 2 fully saturated rings. The first-order valence-corrected chi connectivity index (χ1v) is 34.6. The molecule has 20 heteroatoms. The largest absolute Gasteiger partial charge is 0.353 e. The van der Waals surface area contributed by atoms with Crippen LogP contribution in [0.15, 0.2) is 193 Å². The topological polar surface area (TPSA) is 180 Å². The van der Waals surface area contributed by atoms with Crippen LogP contribution >= 0.6 is 47.8 Å². The Labute approximate surface area is 567 Å². The van der Waals surface area contributed by atoms with Crippen molar-refractivity contribution in [1.29, 1.82) is 0 Å². The minimum Gasteiger partial charge on any atom is -0.353 e. The number of rotatable bonds is 21. The van der Waals surface area contributed by atoms with Crippen LogP contribution < -0.4 is 63.3 Å². The predicted molar refractivity (Wildman–Crippen MR) is 385 cm³/mol. The van der Waals surface area contributed by atoms with Crippen molar-refractivity contribution in [2.45, 2.75) is 44.7 Å². The lowest BCUT2D eigenvalue weighted by Gasteiger charge is -2.35. The van der Waals surface area contributed by atoms with E-state index in [0.29, 0.717) is 25.9 Å². The summed E-state index contributed by atoms with van der Waals surface area (Å²) in [5, 5.41) is 11.5. The molecule has 0 spiro atoms. The molecule has 0 radical (unpaired) electrons. The third kappa shape index (κ3) is 14.8. The van der Waals surface area contributed by atoms with Gasteiger partial charge in [0.25, 0.3) is 0 Å². The van der Waals surface area contributed by atoms with Gasteiger partial charge in [0.2, 0.25) is 0 Å². The molecule has 8 heterocycles. The van der Waals surface area contributed by atoms with E-state index in [-0.39, 0.29) is 0 Å². The number of halogens is 3. The Kier molecular flexibility index (Phi) is 21.2. The van der Waals surface area contributed by atoms with Crippen LogP contribution in [-0.4, -0.2) is 137 Å². The number of anilines is 3. The van der Waals surface area contributed by atoms with Gasteiger partial charge in [-0.2, -0.15) is 0 Å². The molecule has 3 aromatic heterocycles. The van der Waals surface area contributed by atoms with Crippen LogP contribution in [0, 0.1) is 0 Å². The van der Waals surface area contributed by atoms with Gasteiger partial charge >= 0.3 is 0 Å². The number of aromatic nitrogens is 3. The maximum atomic E-state index is 6.03. The molecule has 93 heavy (non-hydrogen) atoms. The number of fused-ring (bicyclic) bond motifs is 6. The van der Waals surface area contributed by atoms with Gasteiger partial charge in [-0.3, -0.25) is 31.0 Å². The van der Waals surface area contributed by atoms with Crippen molar-refractivity contribution in [1.82, 2.24) is 24.8 Å². The Morgan fingerprint density at radius 1 is 0.570 bits per heavy atom. The third-order valence-corrected chi connectivity index (χ3v) is 19.8. The van der Waals surface area contributed by atoms with Gasteiger partial charge in [-0.05, 0) is 120 Å². The number of hydrogen-bond acceptors (Lipinski definition) is 11. The monoisotopic (exact) mass is 1440 g/mol. The van der Waals surface area contributed by atoms with E-state index < -0.39 is 0 Å². The molecular formula is C73H84Br3N14O3+3. The van der Waals surface area contributed by atoms with Crippen molar-refractivity contribution in [3.63, 3.8) is 0 Å². The van der Waals surface area contributed by atoms with Gasteiger partial charge in [-0.1, -0.05) is 122 Å². The summed E-state index contributed by atoms with van der Waals surface area (Å²) in [5.74, 6) is 0. The van der Waals surface area contributed by atoms with Crippen molar-refractivity contribution < 1.29 is 29.6 Å². The summed E-state index contributed by atoms with van der Waals surface area (Å²) in [5.41, 5.74) is 23.8. The second kappa shape index (κ2) is 30.0. The van der Waals surface area contributed by atoms with E-state index in [1.54, 1.807) is 9.80 Å². The van der Waals surface area contributed by atoms with Crippen molar-refractivity contribution in [2.24, 2.45) is 15.0 Å². The zero-order chi connectivity index (χ0) is 64.7. The van der Waals surface area contributed by atoms with Crippen molar-refractivity contribution in [2.75, 3.05) is 117 Å². The number of nitrogens with one attached hydrogen (secondary N) is 8. The number of quaternary nitrogens is 3. The zero-order valence-electron chi connectivity index (χ0n) is 53.7. The molecule has 17 nitrogen and oxygen atoms in total. The molecule has 0 amide bonds. The van der Waals surface area contributed by atoms with Crippen LogP contribution in [0.2, 0.25) is 0 Å². The molecule has 482 valence electrons. The maximum absolute atomic E-state index is 6.03. The minimum atomic E-state index is 0.619. The number of para-hydroxylation sites is 3. The average molecular weight is 1450 g/mol. The summed E-state index contributed by atoms with van der Waals surface area (Å²) in [7, 11) is 8.88. The van der Waals surface area contributed by atoms with Crippen molar-refractivity contribution in [3.05, 3.63) is 226 Å². The number of hydrogen-bond donors (Lipinski definition) is 9. The number of benzene rings is 6. The quantitative estimate of drug-likeness (QED) is 0.0283. The maximum Gasteiger partial charge on any atom is 0.123 e. The minimum absolute atomic E-state index is 0.619. The Hall–Kier alpha value is -7.31. The lowest BCUT2D eigenvalue weighted by atomic mass is 10.0. The number of likely N-dealkylation sites (N-methyl/N-ethyl adjacent to an activating group) is 1. The molecule has 9 aromatic rings.